The molecule has 0 bridgehead atoms. The van der Waals surface area contributed by atoms with Crippen molar-refractivity contribution in [2.24, 2.45) is 0 Å². The Hall–Kier alpha value is -1.48. The first-order chi connectivity index (χ1) is 12.5. The molecule has 2 aromatic rings. The van der Waals surface area contributed by atoms with Crippen LogP contribution >= 0.6 is 11.3 Å². The van der Waals surface area contributed by atoms with E-state index >= 15 is 0 Å². The lowest BCUT2D eigenvalue weighted by Crippen LogP contribution is -2.48. The van der Waals surface area contributed by atoms with Crippen LogP contribution in [0, 0.1) is 5.82 Å². The summed E-state index contributed by atoms with van der Waals surface area (Å²) in [5, 5.41) is 0. The molecule has 0 amide bonds. The van der Waals surface area contributed by atoms with Gasteiger partial charge in [-0.25, -0.2) is 17.5 Å². The third-order valence-corrected chi connectivity index (χ3v) is 7.72. The van der Waals surface area contributed by atoms with Crippen LogP contribution in [0.1, 0.15) is 11.8 Å². The third-order valence-electron chi connectivity index (χ3n) is 4.54. The number of aryl methyl sites for hydroxylation is 1. The molecule has 3 rings (SSSR count). The number of anilines is 1. The van der Waals surface area contributed by atoms with Gasteiger partial charge in [-0.05, 0) is 30.7 Å². The van der Waals surface area contributed by atoms with Crippen molar-refractivity contribution in [1.82, 2.24) is 9.62 Å². The molecule has 2 heterocycles. The van der Waals surface area contributed by atoms with Crippen LogP contribution in [0.3, 0.4) is 0 Å². The van der Waals surface area contributed by atoms with Crippen LogP contribution in [0.25, 0.3) is 0 Å². The summed E-state index contributed by atoms with van der Waals surface area (Å²) in [4.78, 5) is 5.30. The molecular weight excluding hydrogens is 373 g/mol. The third kappa shape index (κ3) is 4.62. The van der Waals surface area contributed by atoms with Gasteiger partial charge < -0.3 is 4.90 Å². The van der Waals surface area contributed by atoms with E-state index in [-0.39, 0.29) is 5.82 Å². The maximum Gasteiger partial charge on any atom is 0.250 e. The van der Waals surface area contributed by atoms with Gasteiger partial charge in [0, 0.05) is 44.1 Å². The average molecular weight is 398 g/mol. The number of nitrogens with one attached hydrogen (secondary N) is 1. The molecule has 5 nitrogen and oxygen atoms in total. The normalized spacial score (nSPS) is 16.2. The molecule has 142 valence electrons. The number of nitrogens with zero attached hydrogens (tertiary/aromatic N) is 2. The van der Waals surface area contributed by atoms with Crippen LogP contribution in [0.2, 0.25) is 0 Å². The van der Waals surface area contributed by atoms with Gasteiger partial charge in [-0.3, -0.25) is 4.90 Å². The quantitative estimate of drug-likeness (QED) is 0.780. The van der Waals surface area contributed by atoms with Gasteiger partial charge >= 0.3 is 0 Å². The van der Waals surface area contributed by atoms with E-state index in [0.29, 0.717) is 23.0 Å². The van der Waals surface area contributed by atoms with Crippen molar-refractivity contribution in [2.45, 2.75) is 17.6 Å². The van der Waals surface area contributed by atoms with E-state index in [1.54, 1.807) is 18.2 Å². The molecule has 26 heavy (non-hydrogen) atoms. The van der Waals surface area contributed by atoms with Crippen molar-refractivity contribution in [3.63, 3.8) is 0 Å². The maximum absolute atomic E-state index is 13.9. The number of hydrogen-bond donors (Lipinski definition) is 1. The molecule has 1 saturated heterocycles. The summed E-state index contributed by atoms with van der Waals surface area (Å²) in [5.41, 5.74) is 0.636. The van der Waals surface area contributed by atoms with Crippen LogP contribution in [-0.4, -0.2) is 52.6 Å². The molecule has 0 atom stereocenters. The van der Waals surface area contributed by atoms with E-state index in [0.717, 1.165) is 37.5 Å². The lowest BCUT2D eigenvalue weighted by molar-refractivity contribution is 0.261. The fraction of sp³-hybridized carbons (Fsp3) is 0.444. The zero-order chi connectivity index (χ0) is 18.6. The smallest absolute Gasteiger partial charge is 0.250 e. The number of benzene rings is 1. The van der Waals surface area contributed by atoms with Crippen LogP contribution in [-0.2, 0) is 16.4 Å². The van der Waals surface area contributed by atoms with E-state index in [2.05, 4.69) is 9.62 Å². The Balaban J connectivity index is 1.46. The van der Waals surface area contributed by atoms with Gasteiger partial charge in [0.1, 0.15) is 10.0 Å². The molecule has 1 aliphatic heterocycles. The zero-order valence-electron chi connectivity index (χ0n) is 14.8. The second-order valence-electron chi connectivity index (χ2n) is 6.25. The Morgan fingerprint density at radius 3 is 2.50 bits per heavy atom. The summed E-state index contributed by atoms with van der Waals surface area (Å²) >= 11 is 1.32. The summed E-state index contributed by atoms with van der Waals surface area (Å²) in [6, 6.07) is 10.3. The van der Waals surface area contributed by atoms with E-state index in [1.165, 1.54) is 17.4 Å². The molecule has 1 aliphatic rings. The molecule has 1 N–H and O–H groups in total. The van der Waals surface area contributed by atoms with Crippen molar-refractivity contribution < 1.29 is 12.8 Å². The van der Waals surface area contributed by atoms with Crippen LogP contribution in [0.4, 0.5) is 10.1 Å². The van der Waals surface area contributed by atoms with Gasteiger partial charge in [-0.1, -0.05) is 19.1 Å². The van der Waals surface area contributed by atoms with E-state index in [4.69, 9.17) is 0 Å². The fourth-order valence-electron chi connectivity index (χ4n) is 3.02. The Kier molecular flexibility index (Phi) is 6.29. The molecular formula is C18H24FN3O2S2. The molecule has 1 fully saturated rings. The molecule has 8 heteroatoms. The molecule has 0 aliphatic carbocycles. The Labute approximate surface area is 158 Å². The maximum atomic E-state index is 13.9. The van der Waals surface area contributed by atoms with Gasteiger partial charge in [-0.15, -0.1) is 11.3 Å². The van der Waals surface area contributed by atoms with Crippen molar-refractivity contribution >= 4 is 27.0 Å². The standard InChI is InChI=1S/C18H24FN3O2S2/c1-2-15-7-8-18(25-15)26(23,24)20-9-10-21-11-13-22(14-12-21)17-6-4-3-5-16(17)19/h3-8,20H,2,9-14H2,1H3. The number of halogens is 1. The Morgan fingerprint density at radius 2 is 1.85 bits per heavy atom. The van der Waals surface area contributed by atoms with Gasteiger partial charge in [-0.2, -0.15) is 0 Å². The minimum Gasteiger partial charge on any atom is -0.367 e. The number of para-hydroxylation sites is 1. The van der Waals surface area contributed by atoms with Gasteiger partial charge in [0.25, 0.3) is 0 Å². The predicted octanol–water partition coefficient (Wildman–Crippen LogP) is 2.55. The summed E-state index contributed by atoms with van der Waals surface area (Å²) in [6.45, 7) is 6.08. The molecule has 1 aromatic heterocycles. The molecule has 0 radical (unpaired) electrons. The number of thiophene rings is 1. The average Bonchev–Trinajstić information content (AvgIpc) is 3.13. The number of rotatable bonds is 7. The van der Waals surface area contributed by atoms with Crippen molar-refractivity contribution in [3.05, 3.63) is 47.1 Å². The first kappa shape index (κ1) is 19.3. The summed E-state index contributed by atoms with van der Waals surface area (Å²) in [7, 11) is -3.43. The monoisotopic (exact) mass is 397 g/mol. The first-order valence-corrected chi connectivity index (χ1v) is 11.1. The lowest BCUT2D eigenvalue weighted by Gasteiger charge is -2.36. The van der Waals surface area contributed by atoms with Crippen LogP contribution in [0.15, 0.2) is 40.6 Å². The van der Waals surface area contributed by atoms with Crippen LogP contribution < -0.4 is 9.62 Å². The molecule has 0 spiro atoms. The second kappa shape index (κ2) is 8.47. The molecule has 1 aromatic carbocycles. The van der Waals surface area contributed by atoms with Gasteiger partial charge in [0.15, 0.2) is 0 Å². The minimum absolute atomic E-state index is 0.198. The van der Waals surface area contributed by atoms with E-state index in [1.807, 2.05) is 24.0 Å². The molecule has 0 unspecified atom stereocenters. The Morgan fingerprint density at radius 1 is 1.12 bits per heavy atom. The van der Waals surface area contributed by atoms with E-state index in [9.17, 15) is 12.8 Å². The molecule has 0 saturated carbocycles. The van der Waals surface area contributed by atoms with Gasteiger partial charge in [0.05, 0.1) is 5.69 Å². The van der Waals surface area contributed by atoms with E-state index < -0.39 is 10.0 Å². The minimum atomic E-state index is -3.43. The SMILES string of the molecule is CCc1ccc(S(=O)(=O)NCCN2CCN(c3ccccc3F)CC2)s1. The number of sulfonamides is 1. The highest BCUT2D eigenvalue weighted by Gasteiger charge is 2.20. The summed E-state index contributed by atoms with van der Waals surface area (Å²) in [6.07, 6.45) is 0.840. The Bertz CT molecular complexity index is 830. The summed E-state index contributed by atoms with van der Waals surface area (Å²) in [5.74, 6) is -0.198. The fourth-order valence-corrected chi connectivity index (χ4v) is 5.38. The number of piperazine rings is 1. The first-order valence-electron chi connectivity index (χ1n) is 8.80. The van der Waals surface area contributed by atoms with Crippen LogP contribution in [0.5, 0.6) is 0 Å². The number of hydrogen-bond acceptors (Lipinski definition) is 5. The topological polar surface area (TPSA) is 52.7 Å². The highest BCUT2D eigenvalue weighted by atomic mass is 32.2. The largest absolute Gasteiger partial charge is 0.367 e. The second-order valence-corrected chi connectivity index (χ2v) is 9.41. The van der Waals surface area contributed by atoms with Gasteiger partial charge in [0.2, 0.25) is 10.0 Å². The summed E-state index contributed by atoms with van der Waals surface area (Å²) < 4.78 is 41.5. The predicted molar refractivity (Wildman–Crippen MR) is 104 cm³/mol. The zero-order valence-corrected chi connectivity index (χ0v) is 16.5. The lowest BCUT2D eigenvalue weighted by atomic mass is 10.2. The van der Waals surface area contributed by atoms with Crippen molar-refractivity contribution in [1.29, 1.82) is 0 Å². The van der Waals surface area contributed by atoms with Crippen molar-refractivity contribution in [3.8, 4) is 0 Å². The highest BCUT2D eigenvalue weighted by Crippen LogP contribution is 2.22. The van der Waals surface area contributed by atoms with Crippen molar-refractivity contribution in [2.75, 3.05) is 44.2 Å². The highest BCUT2D eigenvalue weighted by molar-refractivity contribution is 7.91.